The van der Waals surface area contributed by atoms with Gasteiger partial charge in [0.2, 0.25) is 0 Å². The van der Waals surface area contributed by atoms with Gasteiger partial charge in [-0.1, -0.05) is 94.8 Å². The van der Waals surface area contributed by atoms with Crippen molar-refractivity contribution in [2.45, 2.75) is 84.5 Å². The van der Waals surface area contributed by atoms with E-state index >= 15 is 0 Å². The van der Waals surface area contributed by atoms with Crippen molar-refractivity contribution in [3.8, 4) is 11.1 Å². The predicted octanol–water partition coefficient (Wildman–Crippen LogP) is 9.13. The Labute approximate surface area is 181 Å². The Morgan fingerprint density at radius 2 is 1.47 bits per heavy atom. The summed E-state index contributed by atoms with van der Waals surface area (Å²) in [6.45, 7) is 4.42. The van der Waals surface area contributed by atoms with Gasteiger partial charge in [0.05, 0.1) is 0 Å². The van der Waals surface area contributed by atoms with Crippen molar-refractivity contribution in [2.75, 3.05) is 0 Å². The zero-order chi connectivity index (χ0) is 21.3. The van der Waals surface area contributed by atoms with Crippen molar-refractivity contribution in [1.29, 1.82) is 0 Å². The van der Waals surface area contributed by atoms with E-state index in [4.69, 9.17) is 0 Å². The van der Waals surface area contributed by atoms with Crippen molar-refractivity contribution in [1.82, 2.24) is 0 Å². The van der Waals surface area contributed by atoms with Crippen LogP contribution in [0.3, 0.4) is 0 Å². The minimum Gasteiger partial charge on any atom is -0.203 e. The Kier molecular flexibility index (Phi) is 8.66. The molecule has 0 heterocycles. The maximum Gasteiger partial charge on any atom is 0.167 e. The highest BCUT2D eigenvalue weighted by molar-refractivity contribution is 5.72. The summed E-state index contributed by atoms with van der Waals surface area (Å²) in [5.41, 5.74) is 3.76. The maximum absolute atomic E-state index is 14.9. The molecule has 1 aliphatic rings. The first-order valence-corrected chi connectivity index (χ1v) is 11.9. The van der Waals surface area contributed by atoms with Crippen LogP contribution >= 0.6 is 0 Å². The topological polar surface area (TPSA) is 0 Å². The van der Waals surface area contributed by atoms with E-state index in [1.54, 1.807) is 12.1 Å². The van der Waals surface area contributed by atoms with E-state index in [2.05, 4.69) is 19.9 Å². The molecule has 2 heteroatoms. The number of unbranched alkanes of at least 4 members (excludes halogenated alkanes) is 4. The van der Waals surface area contributed by atoms with Gasteiger partial charge >= 0.3 is 0 Å². The summed E-state index contributed by atoms with van der Waals surface area (Å²) in [4.78, 5) is 0. The molecule has 30 heavy (non-hydrogen) atoms. The van der Waals surface area contributed by atoms with E-state index < -0.39 is 11.6 Å². The standard InChI is InChI=1S/C28H36F2/c1-3-5-7-9-21-11-15-23(16-12-21)25-19-20-26(28(30)27(25)29)24-17-13-22(14-18-24)10-8-6-4-2/h11-12,15-17,19-20,22H,3-10,13-14,18H2,1-2H3. The van der Waals surface area contributed by atoms with Crippen LogP contribution in [0.4, 0.5) is 8.78 Å². The number of rotatable bonds is 10. The van der Waals surface area contributed by atoms with Crippen LogP contribution in [0.25, 0.3) is 16.7 Å². The van der Waals surface area contributed by atoms with Crippen LogP contribution in [0.2, 0.25) is 0 Å². The number of hydrogen-bond donors (Lipinski definition) is 0. The van der Waals surface area contributed by atoms with Gasteiger partial charge in [0.1, 0.15) is 0 Å². The van der Waals surface area contributed by atoms with Crippen molar-refractivity contribution >= 4 is 5.57 Å². The minimum absolute atomic E-state index is 0.352. The van der Waals surface area contributed by atoms with Crippen LogP contribution in [-0.2, 0) is 6.42 Å². The molecule has 0 fully saturated rings. The van der Waals surface area contributed by atoms with Gasteiger partial charge in [0, 0.05) is 11.1 Å². The lowest BCUT2D eigenvalue weighted by atomic mass is 9.83. The number of hydrogen-bond acceptors (Lipinski definition) is 0. The van der Waals surface area contributed by atoms with Gasteiger partial charge in [-0.25, -0.2) is 8.78 Å². The lowest BCUT2D eigenvalue weighted by Crippen LogP contribution is -2.07. The molecular formula is C28H36F2. The number of halogens is 2. The Balaban J connectivity index is 1.70. The Morgan fingerprint density at radius 3 is 2.13 bits per heavy atom. The second-order valence-electron chi connectivity index (χ2n) is 8.81. The molecule has 2 aromatic rings. The SMILES string of the molecule is CCCCCc1ccc(-c2ccc(C3=CCC(CCCCC)CC3)c(F)c2F)cc1. The molecule has 0 N–H and O–H groups in total. The lowest BCUT2D eigenvalue weighted by molar-refractivity contribution is 0.427. The third-order valence-corrected chi connectivity index (χ3v) is 6.50. The summed E-state index contributed by atoms with van der Waals surface area (Å²) < 4.78 is 29.9. The van der Waals surface area contributed by atoms with Crippen molar-refractivity contribution in [2.24, 2.45) is 5.92 Å². The molecule has 0 amide bonds. The zero-order valence-corrected chi connectivity index (χ0v) is 18.7. The molecule has 0 nitrogen and oxygen atoms in total. The van der Waals surface area contributed by atoms with Gasteiger partial charge < -0.3 is 0 Å². The Morgan fingerprint density at radius 1 is 0.800 bits per heavy atom. The third kappa shape index (κ3) is 5.80. The highest BCUT2D eigenvalue weighted by Gasteiger charge is 2.21. The molecule has 3 rings (SSSR count). The second kappa shape index (κ2) is 11.4. The normalized spacial score (nSPS) is 16.5. The Bertz CT molecular complexity index is 832. The molecule has 0 bridgehead atoms. The molecule has 0 spiro atoms. The highest BCUT2D eigenvalue weighted by Crippen LogP contribution is 2.36. The van der Waals surface area contributed by atoms with Crippen LogP contribution in [0.5, 0.6) is 0 Å². The number of aryl methyl sites for hydroxylation is 1. The molecule has 0 aromatic heterocycles. The van der Waals surface area contributed by atoms with Crippen molar-refractivity contribution in [3.05, 3.63) is 65.2 Å². The lowest BCUT2D eigenvalue weighted by Gasteiger charge is -2.22. The molecule has 0 saturated heterocycles. The fraction of sp³-hybridized carbons (Fsp3) is 0.500. The fourth-order valence-corrected chi connectivity index (χ4v) is 4.53. The minimum atomic E-state index is -0.725. The van der Waals surface area contributed by atoms with Gasteiger partial charge in [0.15, 0.2) is 11.6 Å². The third-order valence-electron chi connectivity index (χ3n) is 6.50. The Hall–Kier alpha value is -1.96. The average molecular weight is 411 g/mol. The summed E-state index contributed by atoms with van der Waals surface area (Å²) in [6.07, 6.45) is 14.7. The summed E-state index contributed by atoms with van der Waals surface area (Å²) in [5, 5.41) is 0. The van der Waals surface area contributed by atoms with Crippen LogP contribution in [0, 0.1) is 17.6 Å². The van der Waals surface area contributed by atoms with Gasteiger partial charge in [-0.3, -0.25) is 0 Å². The van der Waals surface area contributed by atoms with Gasteiger partial charge in [-0.2, -0.15) is 0 Å². The van der Waals surface area contributed by atoms with Crippen LogP contribution in [0.15, 0.2) is 42.5 Å². The van der Waals surface area contributed by atoms with Gasteiger partial charge in [-0.05, 0) is 54.7 Å². The highest BCUT2D eigenvalue weighted by atomic mass is 19.2. The second-order valence-corrected chi connectivity index (χ2v) is 8.81. The molecule has 162 valence electrons. The van der Waals surface area contributed by atoms with Gasteiger partial charge in [-0.15, -0.1) is 0 Å². The molecule has 1 unspecified atom stereocenters. The zero-order valence-electron chi connectivity index (χ0n) is 18.7. The van der Waals surface area contributed by atoms with E-state index in [0.717, 1.165) is 36.8 Å². The average Bonchev–Trinajstić information content (AvgIpc) is 2.77. The van der Waals surface area contributed by atoms with Crippen molar-refractivity contribution in [3.63, 3.8) is 0 Å². The van der Waals surface area contributed by atoms with Crippen LogP contribution in [-0.4, -0.2) is 0 Å². The van der Waals surface area contributed by atoms with Crippen LogP contribution in [0.1, 0.15) is 89.2 Å². The smallest absolute Gasteiger partial charge is 0.167 e. The number of allylic oxidation sites excluding steroid dienone is 2. The van der Waals surface area contributed by atoms with E-state index in [9.17, 15) is 8.78 Å². The molecule has 0 radical (unpaired) electrons. The number of benzene rings is 2. The van der Waals surface area contributed by atoms with Crippen LogP contribution < -0.4 is 0 Å². The van der Waals surface area contributed by atoms with E-state index in [1.807, 2.05) is 24.3 Å². The summed E-state index contributed by atoms with van der Waals surface area (Å²) in [6, 6.07) is 11.4. The summed E-state index contributed by atoms with van der Waals surface area (Å²) >= 11 is 0. The molecule has 0 aliphatic heterocycles. The van der Waals surface area contributed by atoms with Crippen molar-refractivity contribution < 1.29 is 8.78 Å². The van der Waals surface area contributed by atoms with E-state index in [1.165, 1.54) is 50.5 Å². The van der Waals surface area contributed by atoms with Gasteiger partial charge in [0.25, 0.3) is 0 Å². The maximum atomic E-state index is 14.9. The van der Waals surface area contributed by atoms with E-state index in [-0.39, 0.29) is 0 Å². The molecule has 1 atom stereocenters. The van der Waals surface area contributed by atoms with E-state index in [0.29, 0.717) is 17.0 Å². The first-order valence-electron chi connectivity index (χ1n) is 11.9. The molecule has 1 aliphatic carbocycles. The monoisotopic (exact) mass is 410 g/mol. The largest absolute Gasteiger partial charge is 0.203 e. The predicted molar refractivity (Wildman–Crippen MR) is 124 cm³/mol. The quantitative estimate of drug-likeness (QED) is 0.343. The molecule has 2 aromatic carbocycles. The molecule has 0 saturated carbocycles. The molecular weight excluding hydrogens is 374 g/mol. The fourth-order valence-electron chi connectivity index (χ4n) is 4.53. The first-order chi connectivity index (χ1) is 14.6. The summed E-state index contributed by atoms with van der Waals surface area (Å²) in [5.74, 6) is -0.726. The summed E-state index contributed by atoms with van der Waals surface area (Å²) in [7, 11) is 0. The first kappa shape index (κ1) is 22.7.